The molecule has 2 rings (SSSR count). The number of anilines is 1. The van der Waals surface area contributed by atoms with E-state index in [2.05, 4.69) is 9.71 Å². The van der Waals surface area contributed by atoms with E-state index in [0.29, 0.717) is 11.3 Å². The first-order valence-electron chi connectivity index (χ1n) is 6.57. The van der Waals surface area contributed by atoms with Gasteiger partial charge in [0.2, 0.25) is 10.0 Å². The van der Waals surface area contributed by atoms with Crippen LogP contribution in [0.5, 0.6) is 0 Å². The summed E-state index contributed by atoms with van der Waals surface area (Å²) in [6, 6.07) is 5.24. The molecule has 112 valence electrons. The van der Waals surface area contributed by atoms with Crippen LogP contribution in [0.2, 0.25) is 0 Å². The second-order valence-corrected chi connectivity index (χ2v) is 6.84. The van der Waals surface area contributed by atoms with Crippen LogP contribution in [-0.2, 0) is 16.6 Å². The van der Waals surface area contributed by atoms with Gasteiger partial charge in [-0.15, -0.1) is 0 Å². The first-order valence-corrected chi connectivity index (χ1v) is 8.05. The van der Waals surface area contributed by atoms with E-state index in [0.717, 1.165) is 16.7 Å². The number of rotatable bonds is 4. The van der Waals surface area contributed by atoms with Crippen molar-refractivity contribution in [3.8, 4) is 0 Å². The minimum atomic E-state index is -3.61. The predicted octanol–water partition coefficient (Wildman–Crippen LogP) is 2.07. The summed E-state index contributed by atoms with van der Waals surface area (Å²) in [4.78, 5) is 4.23. The second kappa shape index (κ2) is 5.83. The first kappa shape index (κ1) is 15.5. The summed E-state index contributed by atoms with van der Waals surface area (Å²) in [5.41, 5.74) is 9.55. The van der Waals surface area contributed by atoms with Gasteiger partial charge in [-0.05, 0) is 61.2 Å². The topological polar surface area (TPSA) is 85.1 Å². The van der Waals surface area contributed by atoms with Crippen molar-refractivity contribution in [2.45, 2.75) is 32.2 Å². The number of nitrogens with zero attached hydrogens (tertiary/aromatic N) is 1. The van der Waals surface area contributed by atoms with Gasteiger partial charge < -0.3 is 5.73 Å². The normalized spacial score (nSPS) is 11.6. The van der Waals surface area contributed by atoms with Crippen molar-refractivity contribution in [2.75, 3.05) is 5.73 Å². The lowest BCUT2D eigenvalue weighted by atomic mass is 10.1. The molecule has 0 saturated carbocycles. The highest BCUT2D eigenvalue weighted by Gasteiger charge is 2.18. The summed E-state index contributed by atoms with van der Waals surface area (Å²) in [6.45, 7) is 5.65. The van der Waals surface area contributed by atoms with Gasteiger partial charge in [-0.2, -0.15) is 0 Å². The molecule has 5 nitrogen and oxygen atoms in total. The third-order valence-electron chi connectivity index (χ3n) is 3.43. The number of aryl methyl sites for hydroxylation is 2. The largest absolute Gasteiger partial charge is 0.398 e. The fraction of sp³-hybridized carbons (Fsp3) is 0.267. The molecule has 21 heavy (non-hydrogen) atoms. The lowest BCUT2D eigenvalue weighted by Crippen LogP contribution is -2.24. The van der Waals surface area contributed by atoms with Crippen LogP contribution in [0.25, 0.3) is 0 Å². The smallest absolute Gasteiger partial charge is 0.241 e. The molecule has 1 aromatic carbocycles. The molecule has 1 heterocycles. The molecule has 0 aliphatic heterocycles. The third-order valence-corrected chi connectivity index (χ3v) is 4.96. The van der Waals surface area contributed by atoms with Crippen LogP contribution in [0.1, 0.15) is 22.3 Å². The van der Waals surface area contributed by atoms with Crippen molar-refractivity contribution in [3.63, 3.8) is 0 Å². The van der Waals surface area contributed by atoms with Gasteiger partial charge in [0, 0.05) is 24.6 Å². The van der Waals surface area contributed by atoms with Crippen LogP contribution >= 0.6 is 0 Å². The molecule has 0 amide bonds. The molecular weight excluding hydrogens is 286 g/mol. The summed E-state index contributed by atoms with van der Waals surface area (Å²) in [5, 5.41) is 0. The monoisotopic (exact) mass is 305 g/mol. The lowest BCUT2D eigenvalue weighted by Gasteiger charge is -2.13. The predicted molar refractivity (Wildman–Crippen MR) is 83.3 cm³/mol. The average molecular weight is 305 g/mol. The second-order valence-electron chi connectivity index (χ2n) is 5.10. The van der Waals surface area contributed by atoms with Crippen molar-refractivity contribution in [1.82, 2.24) is 9.71 Å². The van der Waals surface area contributed by atoms with Gasteiger partial charge in [-0.25, -0.2) is 13.1 Å². The van der Waals surface area contributed by atoms with E-state index in [1.165, 1.54) is 0 Å². The molecule has 1 aromatic heterocycles. The molecule has 3 N–H and O–H groups in total. The van der Waals surface area contributed by atoms with Crippen molar-refractivity contribution in [1.29, 1.82) is 0 Å². The maximum Gasteiger partial charge on any atom is 0.241 e. The van der Waals surface area contributed by atoms with Crippen molar-refractivity contribution in [3.05, 3.63) is 52.8 Å². The summed E-state index contributed by atoms with van der Waals surface area (Å²) in [7, 11) is -3.61. The molecule has 0 atom stereocenters. The fourth-order valence-electron chi connectivity index (χ4n) is 2.06. The van der Waals surface area contributed by atoms with Crippen LogP contribution in [0.15, 0.2) is 35.5 Å². The Morgan fingerprint density at radius 3 is 2.62 bits per heavy atom. The molecule has 0 unspecified atom stereocenters. The maximum absolute atomic E-state index is 12.5. The minimum absolute atomic E-state index is 0.204. The quantitative estimate of drug-likeness (QED) is 0.847. The Hall–Kier alpha value is -1.92. The van der Waals surface area contributed by atoms with Gasteiger partial charge in [0.1, 0.15) is 0 Å². The SMILES string of the molecule is Cc1cc(N)c(C)c(S(=O)(=O)NCc2cnccc2C)c1. The Bertz CT molecular complexity index is 770. The Balaban J connectivity index is 2.30. The Kier molecular flexibility index (Phi) is 4.29. The van der Waals surface area contributed by atoms with Crippen LogP contribution in [0.4, 0.5) is 5.69 Å². The van der Waals surface area contributed by atoms with Crippen molar-refractivity contribution in [2.24, 2.45) is 0 Å². The molecule has 0 saturated heterocycles. The maximum atomic E-state index is 12.5. The Morgan fingerprint density at radius 1 is 1.24 bits per heavy atom. The third kappa shape index (κ3) is 3.40. The molecule has 0 radical (unpaired) electrons. The first-order chi connectivity index (χ1) is 9.81. The molecule has 2 aromatic rings. The van der Waals surface area contributed by atoms with Gasteiger partial charge >= 0.3 is 0 Å². The van der Waals surface area contributed by atoms with Crippen molar-refractivity contribution < 1.29 is 8.42 Å². The van der Waals surface area contributed by atoms with E-state index in [1.807, 2.05) is 19.9 Å². The number of pyridine rings is 1. The molecule has 6 heteroatoms. The van der Waals surface area contributed by atoms with E-state index in [1.54, 1.807) is 31.5 Å². The van der Waals surface area contributed by atoms with Crippen LogP contribution < -0.4 is 10.5 Å². The average Bonchev–Trinajstić information content (AvgIpc) is 2.42. The number of hydrogen-bond acceptors (Lipinski definition) is 4. The highest BCUT2D eigenvalue weighted by molar-refractivity contribution is 7.89. The van der Waals surface area contributed by atoms with Crippen LogP contribution in [0, 0.1) is 20.8 Å². The number of benzene rings is 1. The molecule has 0 fully saturated rings. The molecule has 0 bridgehead atoms. The Labute approximate surface area is 125 Å². The highest BCUT2D eigenvalue weighted by Crippen LogP contribution is 2.23. The zero-order valence-corrected chi connectivity index (χ0v) is 13.2. The van der Waals surface area contributed by atoms with E-state index < -0.39 is 10.0 Å². The summed E-state index contributed by atoms with van der Waals surface area (Å²) in [6.07, 6.45) is 3.34. The fourth-order valence-corrected chi connectivity index (χ4v) is 3.43. The van der Waals surface area contributed by atoms with E-state index in [-0.39, 0.29) is 11.4 Å². The van der Waals surface area contributed by atoms with E-state index >= 15 is 0 Å². The van der Waals surface area contributed by atoms with Gasteiger partial charge in [0.25, 0.3) is 0 Å². The molecule has 0 spiro atoms. The number of hydrogen-bond donors (Lipinski definition) is 2. The summed E-state index contributed by atoms with van der Waals surface area (Å²) in [5.74, 6) is 0. The molecule has 0 aliphatic rings. The zero-order chi connectivity index (χ0) is 15.6. The number of nitrogen functional groups attached to an aromatic ring is 1. The summed E-state index contributed by atoms with van der Waals surface area (Å²) < 4.78 is 27.5. The zero-order valence-electron chi connectivity index (χ0n) is 12.3. The number of nitrogens with two attached hydrogens (primary N) is 1. The number of aromatic nitrogens is 1. The standard InChI is InChI=1S/C15H19N3O2S/c1-10-6-14(16)12(3)15(7-10)21(19,20)18-9-13-8-17-5-4-11(13)2/h4-8,18H,9,16H2,1-3H3. The van der Waals surface area contributed by atoms with Gasteiger partial charge in [0.15, 0.2) is 0 Å². The van der Waals surface area contributed by atoms with Gasteiger partial charge in [-0.3, -0.25) is 4.98 Å². The van der Waals surface area contributed by atoms with Gasteiger partial charge in [-0.1, -0.05) is 0 Å². The Morgan fingerprint density at radius 2 is 1.95 bits per heavy atom. The lowest BCUT2D eigenvalue weighted by molar-refractivity contribution is 0.580. The van der Waals surface area contributed by atoms with Gasteiger partial charge in [0.05, 0.1) is 4.90 Å². The molecule has 0 aliphatic carbocycles. The minimum Gasteiger partial charge on any atom is -0.398 e. The van der Waals surface area contributed by atoms with Crippen molar-refractivity contribution >= 4 is 15.7 Å². The number of sulfonamides is 1. The van der Waals surface area contributed by atoms with Crippen LogP contribution in [0.3, 0.4) is 0 Å². The number of nitrogens with one attached hydrogen (secondary N) is 1. The highest BCUT2D eigenvalue weighted by atomic mass is 32.2. The van der Waals surface area contributed by atoms with E-state index in [9.17, 15) is 8.42 Å². The summed E-state index contributed by atoms with van der Waals surface area (Å²) >= 11 is 0. The van der Waals surface area contributed by atoms with Crippen LogP contribution in [-0.4, -0.2) is 13.4 Å². The van der Waals surface area contributed by atoms with E-state index in [4.69, 9.17) is 5.73 Å². The molecular formula is C15H19N3O2S.